The number of pyridine rings is 2. The second-order valence-corrected chi connectivity index (χ2v) is 11.0. The number of hydrogen-bond acceptors (Lipinski definition) is 4. The number of benzene rings is 2. The summed E-state index contributed by atoms with van der Waals surface area (Å²) in [5.41, 5.74) is 3.63. The van der Waals surface area contributed by atoms with E-state index in [1.807, 2.05) is 62.4 Å². The van der Waals surface area contributed by atoms with Gasteiger partial charge in [-0.25, -0.2) is 4.98 Å². The van der Waals surface area contributed by atoms with Gasteiger partial charge in [0.15, 0.2) is 0 Å². The molecule has 192 valence electrons. The minimum Gasteiger partial charge on any atom is -0.481 e. The molecule has 1 amide bonds. The molecule has 2 aliphatic rings. The molecule has 4 aromatic rings. The van der Waals surface area contributed by atoms with Gasteiger partial charge in [-0.15, -0.1) is 0 Å². The Labute approximate surface area is 220 Å². The van der Waals surface area contributed by atoms with Crippen LogP contribution >= 0.6 is 0 Å². The predicted octanol–water partition coefficient (Wildman–Crippen LogP) is 5.16. The standard InChI is InChI=1S/C31H29N3O4/c1-31(2,21-12-13-21)33-29(36)26-17-34(28-23(27(26)35)7-4-14-32-28)22-6-3-5-20(15-22)18-8-10-19(11-9-18)24-16-25(24)30(37)38/h3-11,14-15,17,21,24-25H,12-13,16H2,1-2H3,(H,33,36)(H,37,38)/t24-,25+/m0/s1. The summed E-state index contributed by atoms with van der Waals surface area (Å²) in [5.74, 6) is -0.892. The fourth-order valence-corrected chi connectivity index (χ4v) is 5.38. The maximum atomic E-state index is 13.3. The molecular weight excluding hydrogens is 478 g/mol. The third-order valence-electron chi connectivity index (χ3n) is 7.94. The average molecular weight is 508 g/mol. The molecule has 7 nitrogen and oxygen atoms in total. The molecule has 2 aliphatic carbocycles. The van der Waals surface area contributed by atoms with Crippen molar-refractivity contribution in [2.45, 2.75) is 44.6 Å². The van der Waals surface area contributed by atoms with Gasteiger partial charge in [-0.05, 0) is 85.9 Å². The van der Waals surface area contributed by atoms with Crippen LogP contribution in [-0.2, 0) is 4.79 Å². The van der Waals surface area contributed by atoms with Gasteiger partial charge in [-0.3, -0.25) is 14.4 Å². The number of carbonyl (C=O) groups is 2. The molecular formula is C31H29N3O4. The molecule has 2 N–H and O–H groups in total. The van der Waals surface area contributed by atoms with Crippen molar-refractivity contribution in [2.24, 2.45) is 11.8 Å². The van der Waals surface area contributed by atoms with Crippen molar-refractivity contribution >= 4 is 22.9 Å². The minimum absolute atomic E-state index is 0.0842. The molecule has 0 unspecified atom stereocenters. The Morgan fingerprint density at radius 1 is 1.03 bits per heavy atom. The Bertz CT molecular complexity index is 1630. The van der Waals surface area contributed by atoms with Crippen molar-refractivity contribution in [1.82, 2.24) is 14.9 Å². The average Bonchev–Trinajstić information content (AvgIpc) is 3.82. The molecule has 2 atom stereocenters. The molecule has 0 spiro atoms. The van der Waals surface area contributed by atoms with Gasteiger partial charge in [-0.2, -0.15) is 0 Å². The zero-order valence-electron chi connectivity index (χ0n) is 21.3. The lowest BCUT2D eigenvalue weighted by Gasteiger charge is -2.26. The van der Waals surface area contributed by atoms with E-state index in [0.29, 0.717) is 23.4 Å². The third kappa shape index (κ3) is 4.38. The summed E-state index contributed by atoms with van der Waals surface area (Å²) in [4.78, 5) is 42.3. The van der Waals surface area contributed by atoms with E-state index >= 15 is 0 Å². The maximum Gasteiger partial charge on any atom is 0.307 e. The fourth-order valence-electron chi connectivity index (χ4n) is 5.38. The Balaban J connectivity index is 1.37. The van der Waals surface area contributed by atoms with Crippen molar-refractivity contribution in [3.05, 3.63) is 94.4 Å². The third-order valence-corrected chi connectivity index (χ3v) is 7.94. The summed E-state index contributed by atoms with van der Waals surface area (Å²) < 4.78 is 1.80. The van der Waals surface area contributed by atoms with Crippen LogP contribution in [0.15, 0.2) is 77.9 Å². The van der Waals surface area contributed by atoms with Crippen LogP contribution in [0.3, 0.4) is 0 Å². The molecule has 0 aliphatic heterocycles. The molecule has 2 heterocycles. The van der Waals surface area contributed by atoms with Crippen molar-refractivity contribution in [1.29, 1.82) is 0 Å². The molecule has 2 aromatic carbocycles. The highest BCUT2D eigenvalue weighted by Gasteiger charge is 2.44. The van der Waals surface area contributed by atoms with Gasteiger partial charge in [0, 0.05) is 23.6 Å². The number of aromatic nitrogens is 2. The lowest BCUT2D eigenvalue weighted by molar-refractivity contribution is -0.138. The lowest BCUT2D eigenvalue weighted by atomic mass is 9.98. The molecule has 0 saturated heterocycles. The number of carboxylic acids is 1. The number of carboxylic acid groups (broad SMARTS) is 1. The Kier molecular flexibility index (Phi) is 5.67. The number of carbonyl (C=O) groups excluding carboxylic acids is 1. The molecule has 2 fully saturated rings. The summed E-state index contributed by atoms with van der Waals surface area (Å²) in [6.07, 6.45) is 6.07. The van der Waals surface area contributed by atoms with E-state index in [-0.39, 0.29) is 34.3 Å². The lowest BCUT2D eigenvalue weighted by Crippen LogP contribution is -2.46. The molecule has 6 rings (SSSR count). The van der Waals surface area contributed by atoms with Crippen LogP contribution in [0.5, 0.6) is 0 Å². The monoisotopic (exact) mass is 507 g/mol. The van der Waals surface area contributed by atoms with E-state index in [2.05, 4.69) is 10.3 Å². The Morgan fingerprint density at radius 2 is 1.79 bits per heavy atom. The quantitative estimate of drug-likeness (QED) is 0.360. The van der Waals surface area contributed by atoms with Crippen LogP contribution in [0.25, 0.3) is 27.8 Å². The van der Waals surface area contributed by atoms with Crippen molar-refractivity contribution < 1.29 is 14.7 Å². The first-order valence-corrected chi connectivity index (χ1v) is 13.0. The smallest absolute Gasteiger partial charge is 0.307 e. The molecule has 0 radical (unpaired) electrons. The topological polar surface area (TPSA) is 101 Å². The second-order valence-electron chi connectivity index (χ2n) is 11.0. The van der Waals surface area contributed by atoms with Gasteiger partial charge < -0.3 is 15.0 Å². The first kappa shape index (κ1) is 24.1. The van der Waals surface area contributed by atoms with Gasteiger partial charge in [0.05, 0.1) is 11.3 Å². The molecule has 2 saturated carbocycles. The van der Waals surface area contributed by atoms with E-state index < -0.39 is 5.97 Å². The van der Waals surface area contributed by atoms with E-state index in [1.165, 1.54) is 0 Å². The highest BCUT2D eigenvalue weighted by atomic mass is 16.4. The number of fused-ring (bicyclic) bond motifs is 1. The maximum absolute atomic E-state index is 13.3. The number of amides is 1. The zero-order valence-corrected chi connectivity index (χ0v) is 21.3. The number of aliphatic carboxylic acids is 1. The molecule has 2 aromatic heterocycles. The van der Waals surface area contributed by atoms with Crippen LogP contribution in [0, 0.1) is 11.8 Å². The van der Waals surface area contributed by atoms with Crippen LogP contribution < -0.4 is 10.7 Å². The second kappa shape index (κ2) is 8.94. The van der Waals surface area contributed by atoms with Crippen LogP contribution in [0.2, 0.25) is 0 Å². The first-order chi connectivity index (χ1) is 18.2. The predicted molar refractivity (Wildman–Crippen MR) is 146 cm³/mol. The van der Waals surface area contributed by atoms with E-state index in [4.69, 9.17) is 0 Å². The summed E-state index contributed by atoms with van der Waals surface area (Å²) in [6.45, 7) is 4.01. The van der Waals surface area contributed by atoms with Crippen LogP contribution in [0.4, 0.5) is 0 Å². The van der Waals surface area contributed by atoms with Crippen molar-refractivity contribution in [2.75, 3.05) is 0 Å². The molecule has 0 bridgehead atoms. The summed E-state index contributed by atoms with van der Waals surface area (Å²) in [5, 5.41) is 12.7. The summed E-state index contributed by atoms with van der Waals surface area (Å²) >= 11 is 0. The zero-order chi connectivity index (χ0) is 26.6. The van der Waals surface area contributed by atoms with E-state index in [9.17, 15) is 19.5 Å². The van der Waals surface area contributed by atoms with Gasteiger partial charge in [0.1, 0.15) is 11.2 Å². The van der Waals surface area contributed by atoms with Crippen LogP contribution in [0.1, 0.15) is 54.9 Å². The minimum atomic E-state index is -0.738. The number of rotatable bonds is 7. The van der Waals surface area contributed by atoms with Crippen molar-refractivity contribution in [3.8, 4) is 16.8 Å². The van der Waals surface area contributed by atoms with Gasteiger partial charge in [-0.1, -0.05) is 36.4 Å². The highest BCUT2D eigenvalue weighted by molar-refractivity contribution is 5.97. The number of hydrogen-bond donors (Lipinski definition) is 2. The van der Waals surface area contributed by atoms with Gasteiger partial charge in [0.2, 0.25) is 5.43 Å². The summed E-state index contributed by atoms with van der Waals surface area (Å²) in [7, 11) is 0. The van der Waals surface area contributed by atoms with Crippen molar-refractivity contribution in [3.63, 3.8) is 0 Å². The summed E-state index contributed by atoms with van der Waals surface area (Å²) in [6, 6.07) is 19.3. The van der Waals surface area contributed by atoms with E-state index in [0.717, 1.165) is 35.2 Å². The first-order valence-electron chi connectivity index (χ1n) is 13.0. The SMILES string of the molecule is CC(C)(NC(=O)c1cn(-c2cccc(-c3ccc([C@@H]4C[C@H]4C(=O)O)cc3)c2)c2ncccc2c1=O)C1CC1. The van der Waals surface area contributed by atoms with Gasteiger partial charge >= 0.3 is 5.97 Å². The largest absolute Gasteiger partial charge is 0.481 e. The van der Waals surface area contributed by atoms with Gasteiger partial charge in [0.25, 0.3) is 5.91 Å². The number of nitrogens with zero attached hydrogens (tertiary/aromatic N) is 2. The Hall–Kier alpha value is -4.26. The van der Waals surface area contributed by atoms with Crippen LogP contribution in [-0.4, -0.2) is 32.1 Å². The normalized spacial score (nSPS) is 18.8. The molecule has 7 heteroatoms. The highest BCUT2D eigenvalue weighted by Crippen LogP contribution is 2.47. The van der Waals surface area contributed by atoms with E-state index in [1.54, 1.807) is 29.1 Å². The molecule has 38 heavy (non-hydrogen) atoms. The number of nitrogens with one attached hydrogen (secondary N) is 1. The Morgan fingerprint density at radius 3 is 2.47 bits per heavy atom. The fraction of sp³-hybridized carbons (Fsp3) is 0.290.